The number of benzene rings is 2. The van der Waals surface area contributed by atoms with Crippen LogP contribution in [0.15, 0.2) is 60.7 Å². The summed E-state index contributed by atoms with van der Waals surface area (Å²) >= 11 is 0. The minimum Gasteiger partial charge on any atom is -0.457 e. The van der Waals surface area contributed by atoms with Crippen molar-refractivity contribution in [3.63, 3.8) is 0 Å². The summed E-state index contributed by atoms with van der Waals surface area (Å²) in [7, 11) is 0. The summed E-state index contributed by atoms with van der Waals surface area (Å²) in [6.45, 7) is 0.0535. The zero-order chi connectivity index (χ0) is 17.8. The fourth-order valence-corrected chi connectivity index (χ4v) is 2.33. The Bertz CT molecular complexity index is 905. The average Bonchev–Trinajstić information content (AvgIpc) is 2.98. The van der Waals surface area contributed by atoms with E-state index in [1.165, 1.54) is 18.2 Å². The van der Waals surface area contributed by atoms with E-state index >= 15 is 0 Å². The second-order valence-corrected chi connectivity index (χ2v) is 5.28. The fourth-order valence-electron chi connectivity index (χ4n) is 2.33. The van der Waals surface area contributed by atoms with Gasteiger partial charge in [0.25, 0.3) is 11.8 Å². The van der Waals surface area contributed by atoms with Gasteiger partial charge in [0.15, 0.2) is 0 Å². The van der Waals surface area contributed by atoms with Gasteiger partial charge >= 0.3 is 5.97 Å². The Morgan fingerprint density at radius 1 is 1.04 bits per heavy atom. The van der Waals surface area contributed by atoms with Gasteiger partial charge in [0, 0.05) is 12.2 Å². The molecule has 2 amide bonds. The molecular weight excluding hydrogens is 320 g/mol. The quantitative estimate of drug-likeness (QED) is 0.633. The van der Waals surface area contributed by atoms with Crippen molar-refractivity contribution in [3.05, 3.63) is 77.4 Å². The van der Waals surface area contributed by atoms with Crippen molar-refractivity contribution in [3.8, 4) is 6.07 Å². The Balaban J connectivity index is 1.70. The number of nitriles is 1. The van der Waals surface area contributed by atoms with E-state index in [1.54, 1.807) is 42.5 Å². The fraction of sp³-hybridized carbons (Fsp3) is 0.0526. The summed E-state index contributed by atoms with van der Waals surface area (Å²) in [6, 6.07) is 14.8. The zero-order valence-electron chi connectivity index (χ0n) is 13.0. The van der Waals surface area contributed by atoms with Crippen LogP contribution in [0.25, 0.3) is 0 Å². The lowest BCUT2D eigenvalue weighted by Crippen LogP contribution is -2.29. The number of esters is 1. The van der Waals surface area contributed by atoms with Gasteiger partial charge in [-0.3, -0.25) is 9.59 Å². The van der Waals surface area contributed by atoms with Crippen LogP contribution < -0.4 is 4.90 Å². The van der Waals surface area contributed by atoms with E-state index < -0.39 is 17.8 Å². The molecule has 0 atom stereocenters. The molecule has 25 heavy (non-hydrogen) atoms. The molecule has 1 aliphatic heterocycles. The molecule has 1 aliphatic rings. The minimum atomic E-state index is -0.571. The van der Waals surface area contributed by atoms with Crippen LogP contribution in [0.2, 0.25) is 0 Å². The van der Waals surface area contributed by atoms with Gasteiger partial charge in [0.2, 0.25) is 0 Å². The Morgan fingerprint density at radius 3 is 2.36 bits per heavy atom. The number of imide groups is 1. The lowest BCUT2D eigenvalue weighted by molar-refractivity contribution is -0.119. The van der Waals surface area contributed by atoms with Crippen LogP contribution in [-0.4, -0.2) is 17.8 Å². The monoisotopic (exact) mass is 332 g/mol. The number of anilines is 1. The van der Waals surface area contributed by atoms with E-state index in [9.17, 15) is 14.4 Å². The number of amides is 2. The maximum atomic E-state index is 12.2. The van der Waals surface area contributed by atoms with Crippen molar-refractivity contribution in [1.29, 1.82) is 5.26 Å². The van der Waals surface area contributed by atoms with Gasteiger partial charge in [0.05, 0.1) is 22.9 Å². The topological polar surface area (TPSA) is 87.5 Å². The van der Waals surface area contributed by atoms with E-state index in [1.807, 2.05) is 6.07 Å². The molecule has 0 aliphatic carbocycles. The number of hydrogen-bond acceptors (Lipinski definition) is 5. The third-order valence-corrected chi connectivity index (χ3v) is 3.60. The number of carbonyl (C=O) groups excluding carboxylic acids is 3. The summed E-state index contributed by atoms with van der Waals surface area (Å²) in [6.07, 6.45) is 2.36. The summed E-state index contributed by atoms with van der Waals surface area (Å²) in [5.74, 6) is -1.47. The number of carbonyl (C=O) groups is 3. The maximum Gasteiger partial charge on any atom is 0.338 e. The molecule has 1 heterocycles. The molecule has 0 radical (unpaired) electrons. The molecule has 0 spiro atoms. The van der Waals surface area contributed by atoms with Crippen LogP contribution in [0.3, 0.4) is 0 Å². The van der Waals surface area contributed by atoms with Crippen molar-refractivity contribution in [2.24, 2.45) is 0 Å². The van der Waals surface area contributed by atoms with Crippen molar-refractivity contribution in [1.82, 2.24) is 0 Å². The van der Waals surface area contributed by atoms with Crippen LogP contribution >= 0.6 is 0 Å². The van der Waals surface area contributed by atoms with Gasteiger partial charge < -0.3 is 4.74 Å². The highest BCUT2D eigenvalue weighted by Crippen LogP contribution is 2.21. The Labute approximate surface area is 143 Å². The van der Waals surface area contributed by atoms with E-state index in [-0.39, 0.29) is 12.2 Å². The number of hydrogen-bond donors (Lipinski definition) is 0. The lowest BCUT2D eigenvalue weighted by atomic mass is 10.1. The molecule has 0 saturated carbocycles. The van der Waals surface area contributed by atoms with Gasteiger partial charge in [-0.2, -0.15) is 5.26 Å². The number of ether oxygens (including phenoxy) is 1. The van der Waals surface area contributed by atoms with E-state index in [0.29, 0.717) is 11.3 Å². The highest BCUT2D eigenvalue weighted by atomic mass is 16.5. The number of nitrogens with zero attached hydrogens (tertiary/aromatic N) is 2. The Hall–Kier alpha value is -3.72. The smallest absolute Gasteiger partial charge is 0.338 e. The number of rotatable bonds is 4. The lowest BCUT2D eigenvalue weighted by Gasteiger charge is -2.14. The molecular formula is C19H12N2O4. The predicted molar refractivity (Wildman–Crippen MR) is 88.4 cm³/mol. The summed E-state index contributed by atoms with van der Waals surface area (Å²) < 4.78 is 5.23. The van der Waals surface area contributed by atoms with Crippen LogP contribution in [-0.2, 0) is 20.9 Å². The standard InChI is InChI=1S/C19H12N2O4/c20-11-13-4-6-14(7-5-13)12-25-19(24)15-2-1-3-16(10-15)21-17(22)8-9-18(21)23/h1-10H,12H2. The molecule has 6 nitrogen and oxygen atoms in total. The molecule has 0 unspecified atom stereocenters. The highest BCUT2D eigenvalue weighted by molar-refractivity contribution is 6.28. The summed E-state index contributed by atoms with van der Waals surface area (Å²) in [5.41, 5.74) is 1.82. The SMILES string of the molecule is N#Cc1ccc(COC(=O)c2cccc(N3C(=O)C=CC3=O)c2)cc1. The molecule has 6 heteroatoms. The van der Waals surface area contributed by atoms with Crippen LogP contribution in [0.5, 0.6) is 0 Å². The highest BCUT2D eigenvalue weighted by Gasteiger charge is 2.25. The first-order chi connectivity index (χ1) is 12.1. The first-order valence-corrected chi connectivity index (χ1v) is 7.41. The second-order valence-electron chi connectivity index (χ2n) is 5.28. The first kappa shape index (κ1) is 16.1. The van der Waals surface area contributed by atoms with E-state index in [4.69, 9.17) is 10.00 Å². The predicted octanol–water partition coefficient (Wildman–Crippen LogP) is 2.34. The van der Waals surface area contributed by atoms with Crippen molar-refractivity contribution < 1.29 is 19.1 Å². The molecule has 3 rings (SSSR count). The molecule has 2 aromatic rings. The molecule has 0 aromatic heterocycles. The molecule has 122 valence electrons. The van der Waals surface area contributed by atoms with Gasteiger partial charge in [-0.1, -0.05) is 18.2 Å². The molecule has 0 N–H and O–H groups in total. The summed E-state index contributed by atoms with van der Waals surface area (Å²) in [5, 5.41) is 8.76. The molecule has 0 bridgehead atoms. The first-order valence-electron chi connectivity index (χ1n) is 7.41. The zero-order valence-corrected chi connectivity index (χ0v) is 13.0. The normalized spacial score (nSPS) is 13.0. The average molecular weight is 332 g/mol. The van der Waals surface area contributed by atoms with Crippen LogP contribution in [0.1, 0.15) is 21.5 Å². The van der Waals surface area contributed by atoms with Crippen molar-refractivity contribution in [2.45, 2.75) is 6.61 Å². The van der Waals surface area contributed by atoms with E-state index in [2.05, 4.69) is 0 Å². The van der Waals surface area contributed by atoms with Gasteiger partial charge in [-0.05, 0) is 35.9 Å². The maximum absolute atomic E-state index is 12.2. The van der Waals surface area contributed by atoms with Gasteiger partial charge in [0.1, 0.15) is 6.61 Å². The summed E-state index contributed by atoms with van der Waals surface area (Å²) in [4.78, 5) is 36.6. The van der Waals surface area contributed by atoms with Gasteiger partial charge in [-0.25, -0.2) is 9.69 Å². The van der Waals surface area contributed by atoms with Crippen molar-refractivity contribution >= 4 is 23.5 Å². The molecule has 0 saturated heterocycles. The largest absolute Gasteiger partial charge is 0.457 e. The van der Waals surface area contributed by atoms with E-state index in [0.717, 1.165) is 10.5 Å². The second kappa shape index (κ2) is 6.81. The molecule has 2 aromatic carbocycles. The van der Waals surface area contributed by atoms with Crippen LogP contribution in [0.4, 0.5) is 5.69 Å². The third kappa shape index (κ3) is 3.46. The van der Waals surface area contributed by atoms with Crippen molar-refractivity contribution in [2.75, 3.05) is 4.90 Å². The Kier molecular flexibility index (Phi) is 4.40. The minimum absolute atomic E-state index is 0.0535. The Morgan fingerprint density at radius 2 is 1.72 bits per heavy atom. The van der Waals surface area contributed by atoms with Crippen LogP contribution in [0, 0.1) is 11.3 Å². The van der Waals surface area contributed by atoms with Gasteiger partial charge in [-0.15, -0.1) is 0 Å². The third-order valence-electron chi connectivity index (χ3n) is 3.60. The molecule has 0 fully saturated rings.